The Morgan fingerprint density at radius 3 is 2.75 bits per heavy atom. The first kappa shape index (κ1) is 11.2. The molecule has 0 fully saturated rings. The number of hydrogen-bond acceptors (Lipinski definition) is 1. The van der Waals surface area contributed by atoms with Crippen molar-refractivity contribution < 1.29 is 0 Å². The Morgan fingerprint density at radius 1 is 1.31 bits per heavy atom. The Labute approximate surface area is 101 Å². The maximum atomic E-state index is 6.11. The minimum Gasteiger partial charge on any atom is -0.249 e. The van der Waals surface area contributed by atoms with Crippen molar-refractivity contribution in [1.29, 1.82) is 0 Å². The molecule has 0 radical (unpaired) electrons. The highest BCUT2D eigenvalue weighted by Crippen LogP contribution is 2.14. The number of benzene rings is 1. The van der Waals surface area contributed by atoms with E-state index in [-0.39, 0.29) is 0 Å². The van der Waals surface area contributed by atoms with E-state index in [0.29, 0.717) is 5.15 Å². The van der Waals surface area contributed by atoms with Crippen molar-refractivity contribution in [2.24, 2.45) is 0 Å². The zero-order valence-electron chi connectivity index (χ0n) is 9.57. The fraction of sp³-hybridized carbons (Fsp3) is 0.308. The van der Waals surface area contributed by atoms with Gasteiger partial charge >= 0.3 is 0 Å². The third-order valence-corrected chi connectivity index (χ3v) is 2.86. The third kappa shape index (κ3) is 2.45. The van der Waals surface area contributed by atoms with Gasteiger partial charge in [0.05, 0.1) is 12.2 Å². The molecule has 1 aromatic heterocycles. The second-order valence-corrected chi connectivity index (χ2v) is 4.35. The second kappa shape index (κ2) is 4.71. The molecule has 2 nitrogen and oxygen atoms in total. The topological polar surface area (TPSA) is 17.8 Å². The molecule has 1 heterocycles. The molecule has 2 rings (SSSR count). The molecule has 0 unspecified atom stereocenters. The summed E-state index contributed by atoms with van der Waals surface area (Å²) in [4.78, 5) is 0. The van der Waals surface area contributed by atoms with E-state index >= 15 is 0 Å². The first-order valence-corrected chi connectivity index (χ1v) is 5.84. The molecule has 2 aromatic rings. The first-order valence-electron chi connectivity index (χ1n) is 5.47. The fourth-order valence-corrected chi connectivity index (χ4v) is 1.93. The number of halogens is 1. The van der Waals surface area contributed by atoms with Crippen LogP contribution in [-0.2, 0) is 13.0 Å². The predicted molar refractivity (Wildman–Crippen MR) is 66.9 cm³/mol. The molecule has 0 N–H and O–H groups in total. The van der Waals surface area contributed by atoms with E-state index in [0.717, 1.165) is 18.7 Å². The Balaban J connectivity index is 2.23. The molecule has 0 aliphatic heterocycles. The number of aryl methyl sites for hydroxylation is 2. The Morgan fingerprint density at radius 2 is 2.12 bits per heavy atom. The van der Waals surface area contributed by atoms with Gasteiger partial charge in [-0.25, -0.2) is 4.68 Å². The Bertz CT molecular complexity index is 488. The van der Waals surface area contributed by atoms with Crippen molar-refractivity contribution >= 4 is 11.6 Å². The van der Waals surface area contributed by atoms with Crippen LogP contribution in [0.15, 0.2) is 30.3 Å². The standard InChI is InChI=1S/C13H15ClN2/c1-3-12-8-13(14)16(15-12)9-11-6-4-5-10(2)7-11/h4-8H,3,9H2,1-2H3. The van der Waals surface area contributed by atoms with Crippen LogP contribution < -0.4 is 0 Å². The summed E-state index contributed by atoms with van der Waals surface area (Å²) in [6.45, 7) is 4.90. The predicted octanol–water partition coefficient (Wildman–Crippen LogP) is 3.46. The lowest BCUT2D eigenvalue weighted by Gasteiger charge is -2.04. The van der Waals surface area contributed by atoms with E-state index in [9.17, 15) is 0 Å². The molecule has 1 aromatic carbocycles. The van der Waals surface area contributed by atoms with E-state index in [1.54, 1.807) is 0 Å². The number of aromatic nitrogens is 2. The Kier molecular flexibility index (Phi) is 3.30. The molecule has 16 heavy (non-hydrogen) atoms. The van der Waals surface area contributed by atoms with Gasteiger partial charge < -0.3 is 0 Å². The van der Waals surface area contributed by atoms with Gasteiger partial charge in [-0.3, -0.25) is 0 Å². The third-order valence-electron chi connectivity index (χ3n) is 2.56. The highest BCUT2D eigenvalue weighted by molar-refractivity contribution is 6.29. The summed E-state index contributed by atoms with van der Waals surface area (Å²) in [6, 6.07) is 10.3. The van der Waals surface area contributed by atoms with Gasteiger partial charge in [0.2, 0.25) is 0 Å². The molecule has 0 aliphatic rings. The molecular weight excluding hydrogens is 220 g/mol. The van der Waals surface area contributed by atoms with Gasteiger partial charge in [-0.1, -0.05) is 48.4 Å². The van der Waals surface area contributed by atoms with Crippen molar-refractivity contribution in [3.05, 3.63) is 52.3 Å². The molecule has 0 spiro atoms. The van der Waals surface area contributed by atoms with Crippen LogP contribution in [0, 0.1) is 6.92 Å². The Hall–Kier alpha value is -1.28. The van der Waals surface area contributed by atoms with E-state index in [2.05, 4.69) is 43.2 Å². The zero-order valence-corrected chi connectivity index (χ0v) is 10.3. The van der Waals surface area contributed by atoms with Crippen molar-refractivity contribution in [2.75, 3.05) is 0 Å². The van der Waals surface area contributed by atoms with Crippen LogP contribution >= 0.6 is 11.6 Å². The summed E-state index contributed by atoms with van der Waals surface area (Å²) in [7, 11) is 0. The van der Waals surface area contributed by atoms with Crippen LogP contribution in [0.2, 0.25) is 5.15 Å². The number of hydrogen-bond donors (Lipinski definition) is 0. The van der Waals surface area contributed by atoms with E-state index in [1.807, 2.05) is 10.7 Å². The monoisotopic (exact) mass is 234 g/mol. The summed E-state index contributed by atoms with van der Waals surface area (Å²) in [6.07, 6.45) is 0.917. The largest absolute Gasteiger partial charge is 0.249 e. The summed E-state index contributed by atoms with van der Waals surface area (Å²) in [5.74, 6) is 0. The van der Waals surface area contributed by atoms with Crippen LogP contribution in [-0.4, -0.2) is 9.78 Å². The summed E-state index contributed by atoms with van der Waals surface area (Å²) < 4.78 is 1.84. The number of nitrogens with zero attached hydrogens (tertiary/aromatic N) is 2. The van der Waals surface area contributed by atoms with Crippen molar-refractivity contribution in [3.63, 3.8) is 0 Å². The lowest BCUT2D eigenvalue weighted by atomic mass is 10.1. The average molecular weight is 235 g/mol. The van der Waals surface area contributed by atoms with Gasteiger partial charge in [-0.05, 0) is 25.0 Å². The molecule has 0 atom stereocenters. The van der Waals surface area contributed by atoms with Gasteiger partial charge in [-0.15, -0.1) is 0 Å². The quantitative estimate of drug-likeness (QED) is 0.796. The van der Waals surface area contributed by atoms with Gasteiger partial charge in [0, 0.05) is 0 Å². The van der Waals surface area contributed by atoms with Gasteiger partial charge in [-0.2, -0.15) is 5.10 Å². The fourth-order valence-electron chi connectivity index (χ4n) is 1.71. The zero-order chi connectivity index (χ0) is 11.5. The summed E-state index contributed by atoms with van der Waals surface area (Å²) >= 11 is 6.11. The molecule has 84 valence electrons. The molecular formula is C13H15ClN2. The second-order valence-electron chi connectivity index (χ2n) is 3.96. The van der Waals surface area contributed by atoms with E-state index in [4.69, 9.17) is 11.6 Å². The van der Waals surface area contributed by atoms with Crippen LogP contribution in [0.5, 0.6) is 0 Å². The van der Waals surface area contributed by atoms with Crippen molar-refractivity contribution in [2.45, 2.75) is 26.8 Å². The molecule has 0 bridgehead atoms. The van der Waals surface area contributed by atoms with Crippen LogP contribution in [0.1, 0.15) is 23.7 Å². The minimum absolute atomic E-state index is 0.707. The maximum Gasteiger partial charge on any atom is 0.127 e. The van der Waals surface area contributed by atoms with Gasteiger partial charge in [0.25, 0.3) is 0 Å². The lowest BCUT2D eigenvalue weighted by Crippen LogP contribution is -2.02. The minimum atomic E-state index is 0.707. The van der Waals surface area contributed by atoms with Crippen LogP contribution in [0.25, 0.3) is 0 Å². The smallest absolute Gasteiger partial charge is 0.127 e. The van der Waals surface area contributed by atoms with Crippen LogP contribution in [0.4, 0.5) is 0 Å². The highest BCUT2D eigenvalue weighted by Gasteiger charge is 2.04. The van der Waals surface area contributed by atoms with Crippen molar-refractivity contribution in [1.82, 2.24) is 9.78 Å². The molecule has 0 amide bonds. The first-order chi connectivity index (χ1) is 7.69. The molecule has 3 heteroatoms. The van der Waals surface area contributed by atoms with E-state index in [1.165, 1.54) is 11.1 Å². The molecule has 0 saturated heterocycles. The number of rotatable bonds is 3. The summed E-state index contributed by atoms with van der Waals surface area (Å²) in [5.41, 5.74) is 3.53. The lowest BCUT2D eigenvalue weighted by molar-refractivity contribution is 0.674. The van der Waals surface area contributed by atoms with E-state index < -0.39 is 0 Å². The maximum absolute atomic E-state index is 6.11. The van der Waals surface area contributed by atoms with Gasteiger partial charge in [0.1, 0.15) is 5.15 Å². The normalized spacial score (nSPS) is 10.7. The molecule has 0 aliphatic carbocycles. The summed E-state index contributed by atoms with van der Waals surface area (Å²) in [5, 5.41) is 5.14. The molecule has 0 saturated carbocycles. The van der Waals surface area contributed by atoms with Crippen molar-refractivity contribution in [3.8, 4) is 0 Å². The highest BCUT2D eigenvalue weighted by atomic mass is 35.5. The SMILES string of the molecule is CCc1cc(Cl)n(Cc2cccc(C)c2)n1. The van der Waals surface area contributed by atoms with Gasteiger partial charge in [0.15, 0.2) is 0 Å². The average Bonchev–Trinajstić information content (AvgIpc) is 2.60. The van der Waals surface area contributed by atoms with Crippen LogP contribution in [0.3, 0.4) is 0 Å².